The number of benzene rings is 2. The second-order valence-corrected chi connectivity index (χ2v) is 15.9. The third-order valence-corrected chi connectivity index (χ3v) is 10.5. The Morgan fingerprint density at radius 1 is 0.782 bits per heavy atom. The summed E-state index contributed by atoms with van der Waals surface area (Å²) in [5, 5.41) is 0. The van der Waals surface area contributed by atoms with E-state index in [-0.39, 0.29) is 29.8 Å². The van der Waals surface area contributed by atoms with Crippen molar-refractivity contribution in [3.63, 3.8) is 0 Å². The summed E-state index contributed by atoms with van der Waals surface area (Å²) in [6.45, 7) is 15.7. The van der Waals surface area contributed by atoms with Gasteiger partial charge in [0.05, 0.1) is 24.0 Å². The van der Waals surface area contributed by atoms with Gasteiger partial charge in [0.25, 0.3) is 17.7 Å². The van der Waals surface area contributed by atoms with Crippen molar-refractivity contribution in [1.29, 1.82) is 0 Å². The predicted molar refractivity (Wildman–Crippen MR) is 213 cm³/mol. The van der Waals surface area contributed by atoms with Gasteiger partial charge in [-0.15, -0.1) is 0 Å². The lowest BCUT2D eigenvalue weighted by Gasteiger charge is -2.40. The maximum Gasteiger partial charge on any atom is 0.337 e. The number of methoxy groups -OCH3 is 3. The van der Waals surface area contributed by atoms with E-state index in [2.05, 4.69) is 18.7 Å². The minimum Gasteiger partial charge on any atom is -0.476 e. The number of esters is 1. The normalized spacial score (nSPS) is 17.4. The Labute approximate surface area is 327 Å². The van der Waals surface area contributed by atoms with E-state index in [9.17, 15) is 19.2 Å². The van der Waals surface area contributed by atoms with E-state index >= 15 is 0 Å². The molecule has 5 rings (SSSR count). The number of hydrogen-bond donors (Lipinski definition) is 0. The summed E-state index contributed by atoms with van der Waals surface area (Å²) >= 11 is 0. The van der Waals surface area contributed by atoms with Crippen LogP contribution >= 0.6 is 0 Å². The van der Waals surface area contributed by atoms with Gasteiger partial charge >= 0.3 is 5.97 Å². The van der Waals surface area contributed by atoms with E-state index in [1.165, 1.54) is 26.4 Å². The van der Waals surface area contributed by atoms with Gasteiger partial charge in [-0.1, -0.05) is 19.3 Å². The van der Waals surface area contributed by atoms with Crippen molar-refractivity contribution in [1.82, 2.24) is 4.90 Å². The van der Waals surface area contributed by atoms with Crippen LogP contribution in [-0.2, 0) is 23.8 Å². The number of anilines is 2. The summed E-state index contributed by atoms with van der Waals surface area (Å²) < 4.78 is 26.8. The van der Waals surface area contributed by atoms with E-state index in [1.54, 1.807) is 69.9 Å². The topological polar surface area (TPSA) is 124 Å². The average molecular weight is 766 g/mol. The molecule has 1 fully saturated rings. The second kappa shape index (κ2) is 19.1. The summed E-state index contributed by atoms with van der Waals surface area (Å²) in [4.78, 5) is 56.9. The molecule has 3 amide bonds. The molecule has 0 unspecified atom stereocenters. The maximum absolute atomic E-state index is 13.8. The highest BCUT2D eigenvalue weighted by molar-refractivity contribution is 6.05. The van der Waals surface area contributed by atoms with E-state index in [0.717, 1.165) is 44.1 Å². The third-order valence-electron chi connectivity index (χ3n) is 10.5. The van der Waals surface area contributed by atoms with Crippen LogP contribution in [0.2, 0.25) is 0 Å². The number of aryl methyl sites for hydroxylation is 1. The molecule has 0 atom stereocenters. The fraction of sp³-hybridized carbons (Fsp3) is 0.628. The molecule has 1 saturated carbocycles. The van der Waals surface area contributed by atoms with Gasteiger partial charge in [-0.25, -0.2) is 4.79 Å². The number of carbonyl (C=O) groups is 4. The molecule has 12 nitrogen and oxygen atoms in total. The quantitative estimate of drug-likeness (QED) is 0.142. The molecule has 304 valence electrons. The van der Waals surface area contributed by atoms with Crippen molar-refractivity contribution >= 4 is 35.1 Å². The molecule has 3 aliphatic rings. The Kier molecular flexibility index (Phi) is 15.2. The number of fused-ring (bicyclic) bond motifs is 2. The molecule has 0 aromatic heterocycles. The zero-order valence-corrected chi connectivity index (χ0v) is 34.7. The Morgan fingerprint density at radius 3 is 1.82 bits per heavy atom. The molecule has 0 radical (unpaired) electrons. The highest BCUT2D eigenvalue weighted by Crippen LogP contribution is 2.41. The Balaban J connectivity index is 0.000000258. The lowest BCUT2D eigenvalue weighted by molar-refractivity contribution is -0.133. The van der Waals surface area contributed by atoms with E-state index in [1.807, 2.05) is 19.1 Å². The van der Waals surface area contributed by atoms with Gasteiger partial charge in [0.1, 0.15) is 11.5 Å². The van der Waals surface area contributed by atoms with Crippen LogP contribution < -0.4 is 19.3 Å². The number of hydrogen-bond acceptors (Lipinski definition) is 9. The lowest BCUT2D eigenvalue weighted by Crippen LogP contribution is -2.53. The zero-order chi connectivity index (χ0) is 40.5. The zero-order valence-electron chi connectivity index (χ0n) is 34.7. The Hall–Kier alpha value is -4.16. The Bertz CT molecular complexity index is 1660. The van der Waals surface area contributed by atoms with Gasteiger partial charge in [0.15, 0.2) is 11.2 Å². The summed E-state index contributed by atoms with van der Waals surface area (Å²) in [6, 6.07) is 9.21. The highest BCUT2D eigenvalue weighted by Gasteiger charge is 2.43. The molecule has 0 saturated heterocycles. The first-order chi connectivity index (χ1) is 26.1. The van der Waals surface area contributed by atoms with Gasteiger partial charge in [0.2, 0.25) is 0 Å². The van der Waals surface area contributed by atoms with E-state index in [0.29, 0.717) is 60.3 Å². The van der Waals surface area contributed by atoms with Crippen LogP contribution in [-0.4, -0.2) is 99.5 Å². The standard InChI is InChI=1S/C26H40N2O4.C17H23NO5/c1-18(2)28(20-12-8-7-9-13-20)24(29)21-17-22-23(16-19(21)3)32-26(4,5)25(30)27(22)14-10-11-15-31-6;1-17(2)16(20)18(9-5-6-10-21-3)13-11-12(15(19)22-4)7-8-14(13)23-17/h16-18,20H,7-15H2,1-6H3;7-8,11H,5-6,9-10H2,1-4H3. The van der Waals surface area contributed by atoms with Crippen molar-refractivity contribution in [2.45, 2.75) is 130 Å². The summed E-state index contributed by atoms with van der Waals surface area (Å²) in [7, 11) is 4.67. The first kappa shape index (κ1) is 43.6. The van der Waals surface area contributed by atoms with Crippen molar-refractivity contribution in [2.75, 3.05) is 57.4 Å². The van der Waals surface area contributed by atoms with Gasteiger partial charge < -0.3 is 38.4 Å². The number of unbranched alkanes of at least 4 members (excludes halogenated alkanes) is 2. The number of ether oxygens (including phenoxy) is 5. The van der Waals surface area contributed by atoms with Gasteiger partial charge in [-0.2, -0.15) is 0 Å². The fourth-order valence-electron chi connectivity index (χ4n) is 7.56. The lowest BCUT2D eigenvalue weighted by atomic mass is 9.92. The number of rotatable bonds is 14. The van der Waals surface area contributed by atoms with E-state index < -0.39 is 17.2 Å². The van der Waals surface area contributed by atoms with Crippen molar-refractivity contribution in [3.8, 4) is 11.5 Å². The van der Waals surface area contributed by atoms with Crippen molar-refractivity contribution in [2.24, 2.45) is 0 Å². The second-order valence-electron chi connectivity index (χ2n) is 15.9. The minimum atomic E-state index is -0.932. The molecule has 0 bridgehead atoms. The van der Waals surface area contributed by atoms with Crippen molar-refractivity contribution in [3.05, 3.63) is 47.0 Å². The smallest absolute Gasteiger partial charge is 0.337 e. The molecule has 2 aromatic rings. The molecule has 2 aromatic carbocycles. The minimum absolute atomic E-state index is 0.0591. The summed E-state index contributed by atoms with van der Waals surface area (Å²) in [6.07, 6.45) is 9.09. The molecule has 12 heteroatoms. The molecule has 55 heavy (non-hydrogen) atoms. The molecule has 2 heterocycles. The van der Waals surface area contributed by atoms with Crippen LogP contribution in [0.25, 0.3) is 0 Å². The fourth-order valence-corrected chi connectivity index (χ4v) is 7.56. The third kappa shape index (κ3) is 10.4. The van der Waals surface area contributed by atoms with Crippen LogP contribution in [0.4, 0.5) is 11.4 Å². The molecular formula is C43H63N3O9. The first-order valence-corrected chi connectivity index (χ1v) is 19.8. The number of nitrogens with zero attached hydrogens (tertiary/aromatic N) is 3. The summed E-state index contributed by atoms with van der Waals surface area (Å²) in [5.74, 6) is 0.688. The Morgan fingerprint density at radius 2 is 1.31 bits per heavy atom. The van der Waals surface area contributed by atoms with Crippen LogP contribution in [0, 0.1) is 6.92 Å². The van der Waals surface area contributed by atoms with E-state index in [4.69, 9.17) is 23.7 Å². The van der Waals surface area contributed by atoms with Crippen LogP contribution in [0.5, 0.6) is 11.5 Å². The maximum atomic E-state index is 13.8. The first-order valence-electron chi connectivity index (χ1n) is 19.8. The van der Waals surface area contributed by atoms with Crippen LogP contribution in [0.3, 0.4) is 0 Å². The molecule has 1 aliphatic carbocycles. The highest BCUT2D eigenvalue weighted by atomic mass is 16.5. The van der Waals surface area contributed by atoms with Crippen LogP contribution in [0.15, 0.2) is 30.3 Å². The van der Waals surface area contributed by atoms with Gasteiger partial charge in [0, 0.05) is 58.2 Å². The molecular weight excluding hydrogens is 702 g/mol. The largest absolute Gasteiger partial charge is 0.476 e. The van der Waals surface area contributed by atoms with Gasteiger partial charge in [-0.05, 0) is 123 Å². The van der Waals surface area contributed by atoms with Gasteiger partial charge in [-0.3, -0.25) is 14.4 Å². The SMILES string of the molecule is COCCCCN1C(=O)C(C)(C)Oc2cc(C)c(C(=O)N(C(C)C)C3CCCCC3)cc21.COCCCCN1C(=O)C(C)(C)Oc2ccc(C(=O)OC)cc21. The summed E-state index contributed by atoms with van der Waals surface area (Å²) in [5.41, 5.74) is 1.40. The van der Waals surface area contributed by atoms with Crippen LogP contribution in [0.1, 0.15) is 126 Å². The molecule has 2 aliphatic heterocycles. The molecule has 0 N–H and O–H groups in total. The average Bonchev–Trinajstić information content (AvgIpc) is 3.14. The number of carbonyl (C=O) groups excluding carboxylic acids is 4. The van der Waals surface area contributed by atoms with Crippen molar-refractivity contribution < 1.29 is 42.9 Å². The molecule has 0 spiro atoms. The predicted octanol–water partition coefficient (Wildman–Crippen LogP) is 7.51. The number of amides is 3. The monoisotopic (exact) mass is 765 g/mol.